The highest BCUT2D eigenvalue weighted by Gasteiger charge is 2.24. The molecular formula is C22H25ClFN3O. The summed E-state index contributed by atoms with van der Waals surface area (Å²) >= 11 is 6.14. The highest BCUT2D eigenvalue weighted by atomic mass is 35.5. The summed E-state index contributed by atoms with van der Waals surface area (Å²) in [5, 5.41) is 3.52. The summed E-state index contributed by atoms with van der Waals surface area (Å²) in [6, 6.07) is 10.1. The normalized spacial score (nSPS) is 12.2. The van der Waals surface area contributed by atoms with Crippen LogP contribution in [0.5, 0.6) is 0 Å². The van der Waals surface area contributed by atoms with Crippen LogP contribution in [0, 0.1) is 5.82 Å². The smallest absolute Gasteiger partial charge is 0.221 e. The van der Waals surface area contributed by atoms with Crippen molar-refractivity contribution >= 4 is 23.2 Å². The van der Waals surface area contributed by atoms with Crippen molar-refractivity contribution in [3.63, 3.8) is 0 Å². The number of hydrogen-bond donors (Lipinski definition) is 1. The molecule has 6 heteroatoms. The van der Waals surface area contributed by atoms with Crippen molar-refractivity contribution in [2.75, 3.05) is 6.54 Å². The minimum Gasteiger partial charge on any atom is -0.356 e. The van der Waals surface area contributed by atoms with Crippen LogP contribution in [0.25, 0.3) is 5.65 Å². The van der Waals surface area contributed by atoms with E-state index in [1.165, 1.54) is 6.07 Å². The number of unbranched alkanes of at least 4 members (excludes halogenated alkanes) is 3. The molecule has 0 fully saturated rings. The first kappa shape index (κ1) is 20.3. The van der Waals surface area contributed by atoms with Crippen molar-refractivity contribution in [3.05, 3.63) is 70.9 Å². The zero-order valence-electron chi connectivity index (χ0n) is 16.0. The molecule has 0 aliphatic heterocycles. The average Bonchev–Trinajstić information content (AvgIpc) is 3.09. The lowest BCUT2D eigenvalue weighted by atomic mass is 9.92. The zero-order valence-corrected chi connectivity index (χ0v) is 16.8. The second-order valence-electron chi connectivity index (χ2n) is 6.95. The monoisotopic (exact) mass is 401 g/mol. The van der Waals surface area contributed by atoms with E-state index in [1.54, 1.807) is 42.7 Å². The number of hydrogen-bond acceptors (Lipinski definition) is 2. The largest absolute Gasteiger partial charge is 0.356 e. The van der Waals surface area contributed by atoms with Gasteiger partial charge in [-0.25, -0.2) is 9.37 Å². The van der Waals surface area contributed by atoms with Crippen molar-refractivity contribution < 1.29 is 9.18 Å². The van der Waals surface area contributed by atoms with Crippen molar-refractivity contribution in [3.8, 4) is 0 Å². The van der Waals surface area contributed by atoms with Gasteiger partial charge in [-0.2, -0.15) is 0 Å². The fourth-order valence-corrected chi connectivity index (χ4v) is 3.56. The van der Waals surface area contributed by atoms with Crippen LogP contribution in [-0.2, 0) is 4.79 Å². The first-order valence-electron chi connectivity index (χ1n) is 9.73. The Labute approximate surface area is 169 Å². The van der Waals surface area contributed by atoms with Crippen LogP contribution in [0.15, 0.2) is 48.8 Å². The summed E-state index contributed by atoms with van der Waals surface area (Å²) in [6.45, 7) is 2.79. The second-order valence-corrected chi connectivity index (χ2v) is 7.38. The third-order valence-electron chi connectivity index (χ3n) is 4.88. The van der Waals surface area contributed by atoms with Gasteiger partial charge in [-0.05, 0) is 30.2 Å². The Morgan fingerprint density at radius 2 is 2.04 bits per heavy atom. The van der Waals surface area contributed by atoms with Gasteiger partial charge in [0, 0.05) is 31.3 Å². The minimum atomic E-state index is -0.453. The molecule has 0 saturated heterocycles. The lowest BCUT2D eigenvalue weighted by molar-refractivity contribution is -0.121. The molecule has 3 rings (SSSR count). The molecule has 1 unspecified atom stereocenters. The predicted molar refractivity (Wildman–Crippen MR) is 110 cm³/mol. The predicted octanol–water partition coefficient (Wildman–Crippen LogP) is 5.35. The van der Waals surface area contributed by atoms with Crippen molar-refractivity contribution in [2.24, 2.45) is 0 Å². The van der Waals surface area contributed by atoms with Gasteiger partial charge in [0.1, 0.15) is 11.5 Å². The maximum Gasteiger partial charge on any atom is 0.221 e. The number of imidazole rings is 1. The number of rotatable bonds is 9. The Bertz CT molecular complexity index is 940. The number of nitrogens with zero attached hydrogens (tertiary/aromatic N) is 2. The van der Waals surface area contributed by atoms with Crippen LogP contribution >= 0.6 is 11.6 Å². The molecule has 1 N–H and O–H groups in total. The summed E-state index contributed by atoms with van der Waals surface area (Å²) in [5.74, 6) is -0.882. The minimum absolute atomic E-state index is 0.0956. The lowest BCUT2D eigenvalue weighted by Gasteiger charge is -2.18. The van der Waals surface area contributed by atoms with Gasteiger partial charge in [-0.15, -0.1) is 0 Å². The van der Waals surface area contributed by atoms with Gasteiger partial charge in [0.05, 0.1) is 10.7 Å². The van der Waals surface area contributed by atoms with Crippen LogP contribution in [0.1, 0.15) is 56.2 Å². The molecule has 0 radical (unpaired) electrons. The Morgan fingerprint density at radius 1 is 1.21 bits per heavy atom. The topological polar surface area (TPSA) is 46.4 Å². The number of aromatic nitrogens is 2. The number of halogens is 2. The third kappa shape index (κ3) is 4.90. The van der Waals surface area contributed by atoms with Crippen LogP contribution in [0.4, 0.5) is 4.39 Å². The standard InChI is InChI=1S/C22H25ClFN3O/c1-2-3-4-7-12-25-22(28)13-18(17-8-5-6-9-19(17)24)20-14-26-21-11-10-16(23)15-27(20)21/h5-6,8-11,14-15,18H,2-4,7,12-13H2,1H3,(H,25,28). The van der Waals surface area contributed by atoms with Gasteiger partial charge in [0.15, 0.2) is 0 Å². The number of pyridine rings is 1. The summed E-state index contributed by atoms with van der Waals surface area (Å²) in [6.07, 6.45) is 7.95. The first-order valence-corrected chi connectivity index (χ1v) is 10.1. The average molecular weight is 402 g/mol. The summed E-state index contributed by atoms with van der Waals surface area (Å²) < 4.78 is 16.4. The number of amides is 1. The van der Waals surface area contributed by atoms with E-state index in [-0.39, 0.29) is 18.1 Å². The fourth-order valence-electron chi connectivity index (χ4n) is 3.40. The Kier molecular flexibility index (Phi) is 7.04. The highest BCUT2D eigenvalue weighted by molar-refractivity contribution is 6.30. The molecule has 0 aliphatic carbocycles. The van der Waals surface area contributed by atoms with Gasteiger partial charge >= 0.3 is 0 Å². The van der Waals surface area contributed by atoms with E-state index < -0.39 is 5.92 Å². The molecule has 1 aromatic carbocycles. The Balaban J connectivity index is 1.85. The molecule has 2 aromatic heterocycles. The van der Waals surface area contributed by atoms with Crippen LogP contribution in [0.3, 0.4) is 0 Å². The van der Waals surface area contributed by atoms with Gasteiger partial charge < -0.3 is 9.72 Å². The van der Waals surface area contributed by atoms with E-state index in [1.807, 2.05) is 4.40 Å². The number of benzene rings is 1. The molecular weight excluding hydrogens is 377 g/mol. The van der Waals surface area contributed by atoms with Crippen molar-refractivity contribution in [1.29, 1.82) is 0 Å². The molecule has 3 aromatic rings. The van der Waals surface area contributed by atoms with Gasteiger partial charge in [0.25, 0.3) is 0 Å². The van der Waals surface area contributed by atoms with E-state index >= 15 is 0 Å². The third-order valence-corrected chi connectivity index (χ3v) is 5.10. The van der Waals surface area contributed by atoms with Crippen LogP contribution in [-0.4, -0.2) is 21.8 Å². The Morgan fingerprint density at radius 3 is 2.82 bits per heavy atom. The number of carbonyl (C=O) groups excluding carboxylic acids is 1. The molecule has 1 amide bonds. The van der Waals surface area contributed by atoms with Crippen molar-refractivity contribution in [2.45, 2.75) is 44.9 Å². The molecule has 0 saturated carbocycles. The number of nitrogens with one attached hydrogen (secondary N) is 1. The second kappa shape index (κ2) is 9.69. The first-order chi connectivity index (χ1) is 13.6. The van der Waals surface area contributed by atoms with E-state index in [2.05, 4.69) is 17.2 Å². The maximum atomic E-state index is 14.6. The summed E-state index contributed by atoms with van der Waals surface area (Å²) in [7, 11) is 0. The molecule has 28 heavy (non-hydrogen) atoms. The van der Waals surface area contributed by atoms with Crippen LogP contribution in [0.2, 0.25) is 5.02 Å². The molecule has 0 spiro atoms. The van der Waals surface area contributed by atoms with Crippen LogP contribution < -0.4 is 5.32 Å². The van der Waals surface area contributed by atoms with E-state index in [0.717, 1.165) is 31.4 Å². The lowest BCUT2D eigenvalue weighted by Crippen LogP contribution is -2.27. The van der Waals surface area contributed by atoms with E-state index in [0.29, 0.717) is 22.8 Å². The van der Waals surface area contributed by atoms with Gasteiger partial charge in [-0.3, -0.25) is 4.79 Å². The zero-order chi connectivity index (χ0) is 19.9. The number of fused-ring (bicyclic) bond motifs is 1. The quantitative estimate of drug-likeness (QED) is 0.491. The molecule has 2 heterocycles. The van der Waals surface area contributed by atoms with E-state index in [4.69, 9.17) is 11.6 Å². The van der Waals surface area contributed by atoms with E-state index in [9.17, 15) is 9.18 Å². The fraction of sp³-hybridized carbons (Fsp3) is 0.364. The molecule has 148 valence electrons. The molecule has 1 atom stereocenters. The van der Waals surface area contributed by atoms with Crippen molar-refractivity contribution in [1.82, 2.24) is 14.7 Å². The molecule has 0 bridgehead atoms. The SMILES string of the molecule is CCCCCCNC(=O)CC(c1ccccc1F)c1cnc2ccc(Cl)cn12. The highest BCUT2D eigenvalue weighted by Crippen LogP contribution is 2.31. The molecule has 0 aliphatic rings. The molecule has 4 nitrogen and oxygen atoms in total. The summed E-state index contributed by atoms with van der Waals surface area (Å²) in [4.78, 5) is 17.0. The Hall–Kier alpha value is -2.40. The van der Waals surface area contributed by atoms with Gasteiger partial charge in [-0.1, -0.05) is 56.0 Å². The maximum absolute atomic E-state index is 14.6. The van der Waals surface area contributed by atoms with Gasteiger partial charge in [0.2, 0.25) is 5.91 Å². The number of carbonyl (C=O) groups is 1. The summed E-state index contributed by atoms with van der Waals surface area (Å²) in [5.41, 5.74) is 1.93.